The normalized spacial score (nSPS) is 12.1. The van der Waals surface area contributed by atoms with Crippen LogP contribution >= 0.6 is 0 Å². The minimum absolute atomic E-state index is 0.0510. The van der Waals surface area contributed by atoms with Gasteiger partial charge < -0.3 is 19.0 Å². The third-order valence-electron chi connectivity index (χ3n) is 5.27. The van der Waals surface area contributed by atoms with E-state index >= 15 is 0 Å². The molecule has 2 heterocycles. The molecule has 0 amide bonds. The Morgan fingerprint density at radius 2 is 1.82 bits per heavy atom. The van der Waals surface area contributed by atoms with E-state index in [4.69, 9.17) is 19.0 Å². The summed E-state index contributed by atoms with van der Waals surface area (Å²) in [5.41, 5.74) is 4.46. The Kier molecular flexibility index (Phi) is 7.00. The Labute approximate surface area is 192 Å². The Bertz CT molecular complexity index is 1220. The van der Waals surface area contributed by atoms with Crippen LogP contribution < -0.4 is 4.74 Å². The van der Waals surface area contributed by atoms with E-state index in [1.165, 1.54) is 11.9 Å². The number of furan rings is 1. The third kappa shape index (κ3) is 5.21. The summed E-state index contributed by atoms with van der Waals surface area (Å²) >= 11 is 0. The van der Waals surface area contributed by atoms with E-state index in [2.05, 4.69) is 41.2 Å². The maximum Gasteiger partial charge on any atom is 0.305 e. The van der Waals surface area contributed by atoms with Crippen LogP contribution in [0.4, 0.5) is 0 Å². The molecule has 4 rings (SSSR count). The minimum atomic E-state index is -0.897. The van der Waals surface area contributed by atoms with Gasteiger partial charge in [-0.2, -0.15) is 0 Å². The Balaban J connectivity index is 1.74. The zero-order valence-electron chi connectivity index (χ0n) is 18.7. The van der Waals surface area contributed by atoms with Gasteiger partial charge in [0.1, 0.15) is 23.6 Å². The van der Waals surface area contributed by atoms with Crippen LogP contribution in [0.2, 0.25) is 0 Å². The van der Waals surface area contributed by atoms with Gasteiger partial charge in [0.15, 0.2) is 0 Å². The van der Waals surface area contributed by atoms with Gasteiger partial charge in [0.05, 0.1) is 19.6 Å². The molecule has 0 spiro atoms. The molecule has 170 valence electrons. The predicted octanol–water partition coefficient (Wildman–Crippen LogP) is 5.38. The summed E-state index contributed by atoms with van der Waals surface area (Å²) in [6.07, 6.45) is 1.97. The van der Waals surface area contributed by atoms with E-state index in [1.54, 1.807) is 0 Å². The van der Waals surface area contributed by atoms with Crippen molar-refractivity contribution in [1.82, 2.24) is 9.97 Å². The summed E-state index contributed by atoms with van der Waals surface area (Å²) in [4.78, 5) is 19.4. The summed E-state index contributed by atoms with van der Waals surface area (Å²) < 4.78 is 17.8. The largest absolute Gasteiger partial charge is 0.481 e. The van der Waals surface area contributed by atoms with Crippen molar-refractivity contribution in [2.24, 2.45) is 0 Å². The van der Waals surface area contributed by atoms with E-state index in [9.17, 15) is 4.79 Å². The van der Waals surface area contributed by atoms with E-state index in [0.29, 0.717) is 22.7 Å². The highest BCUT2D eigenvalue weighted by Gasteiger charge is 2.23. The van der Waals surface area contributed by atoms with Crippen molar-refractivity contribution < 1.29 is 23.8 Å². The number of carboxylic acids is 1. The molecule has 2 aromatic carbocycles. The van der Waals surface area contributed by atoms with Crippen LogP contribution in [-0.4, -0.2) is 40.4 Å². The summed E-state index contributed by atoms with van der Waals surface area (Å²) in [5.74, 6) is 0.201. The number of carboxylic acid groups (broad SMARTS) is 1. The number of hydrogen-bond donors (Lipinski definition) is 1. The lowest BCUT2D eigenvalue weighted by molar-refractivity contribution is -0.138. The monoisotopic (exact) mass is 446 g/mol. The number of ether oxygens (including phenoxy) is 2. The van der Waals surface area contributed by atoms with Crippen LogP contribution in [0.15, 0.2) is 65.3 Å². The predicted molar refractivity (Wildman–Crippen MR) is 125 cm³/mol. The van der Waals surface area contributed by atoms with Crippen LogP contribution in [0.25, 0.3) is 33.6 Å². The number of carbonyl (C=O) groups is 1. The molecule has 0 unspecified atom stereocenters. The van der Waals surface area contributed by atoms with Gasteiger partial charge in [-0.05, 0) is 24.5 Å². The number of nitrogens with zero attached hydrogens (tertiary/aromatic N) is 2. The van der Waals surface area contributed by atoms with Gasteiger partial charge in [-0.3, -0.25) is 4.79 Å². The number of fused-ring (bicyclic) bond motifs is 1. The second-order valence-electron chi connectivity index (χ2n) is 7.73. The van der Waals surface area contributed by atoms with E-state index in [0.717, 1.165) is 23.1 Å². The van der Waals surface area contributed by atoms with Gasteiger partial charge in [0.2, 0.25) is 11.6 Å². The zero-order valence-corrected chi connectivity index (χ0v) is 18.7. The van der Waals surface area contributed by atoms with E-state index < -0.39 is 5.97 Å². The quantitative estimate of drug-likeness (QED) is 0.327. The molecule has 0 saturated carbocycles. The number of aromatic nitrogens is 2. The molecule has 7 heteroatoms. The molecule has 0 aliphatic heterocycles. The lowest BCUT2D eigenvalue weighted by Gasteiger charge is -2.15. The standard InChI is InChI=1S/C26H26N2O5/c1-3-18-9-11-19(12-10-18)22-23-25(32-17(2)15-31-14-13-21(29)30)27-16-28-26(23)33-24(22)20-7-5-4-6-8-20/h4-12,16-17H,3,13-15H2,1-2H3,(H,29,30)/t17-/m1/s1. The van der Waals surface area contributed by atoms with Gasteiger partial charge in [-0.15, -0.1) is 0 Å². The molecule has 4 aromatic rings. The first-order valence-electron chi connectivity index (χ1n) is 10.9. The SMILES string of the molecule is CCc1ccc(-c2c(-c3ccccc3)oc3ncnc(O[C@H](C)COCCC(=O)O)c23)cc1. The van der Waals surface area contributed by atoms with Crippen molar-refractivity contribution in [1.29, 1.82) is 0 Å². The fourth-order valence-corrected chi connectivity index (χ4v) is 3.60. The lowest BCUT2D eigenvalue weighted by Crippen LogP contribution is -2.20. The molecule has 1 atom stereocenters. The van der Waals surface area contributed by atoms with Crippen LogP contribution in [-0.2, 0) is 16.0 Å². The van der Waals surface area contributed by atoms with E-state index in [-0.39, 0.29) is 25.7 Å². The summed E-state index contributed by atoms with van der Waals surface area (Å²) in [6.45, 7) is 4.34. The fraction of sp³-hybridized carbons (Fsp3) is 0.269. The first-order chi connectivity index (χ1) is 16.1. The zero-order chi connectivity index (χ0) is 23.2. The van der Waals surface area contributed by atoms with Crippen LogP contribution in [0.5, 0.6) is 5.88 Å². The molecule has 1 N–H and O–H groups in total. The first-order valence-corrected chi connectivity index (χ1v) is 10.9. The maximum absolute atomic E-state index is 10.7. The topological polar surface area (TPSA) is 94.7 Å². The van der Waals surface area contributed by atoms with Gasteiger partial charge >= 0.3 is 5.97 Å². The van der Waals surface area contributed by atoms with Gasteiger partial charge in [-0.25, -0.2) is 9.97 Å². The van der Waals surface area contributed by atoms with E-state index in [1.807, 2.05) is 37.3 Å². The summed E-state index contributed by atoms with van der Waals surface area (Å²) in [5, 5.41) is 9.45. The maximum atomic E-state index is 10.7. The average Bonchev–Trinajstić information content (AvgIpc) is 3.23. The fourth-order valence-electron chi connectivity index (χ4n) is 3.60. The molecule has 0 fully saturated rings. The molecule has 7 nitrogen and oxygen atoms in total. The molecule has 0 bridgehead atoms. The molecular formula is C26H26N2O5. The van der Waals surface area contributed by atoms with Gasteiger partial charge in [-0.1, -0.05) is 61.5 Å². The van der Waals surface area contributed by atoms with Crippen molar-refractivity contribution in [3.05, 3.63) is 66.5 Å². The molecular weight excluding hydrogens is 420 g/mol. The summed E-state index contributed by atoms with van der Waals surface area (Å²) in [6, 6.07) is 18.2. The number of rotatable bonds is 10. The highest BCUT2D eigenvalue weighted by atomic mass is 16.5. The second kappa shape index (κ2) is 10.3. The van der Waals surface area contributed by atoms with Crippen molar-refractivity contribution in [3.8, 4) is 28.3 Å². The molecule has 0 radical (unpaired) electrons. The first kappa shape index (κ1) is 22.5. The lowest BCUT2D eigenvalue weighted by atomic mass is 9.98. The molecule has 2 aromatic heterocycles. The molecule has 0 aliphatic rings. The average molecular weight is 447 g/mol. The molecule has 0 saturated heterocycles. The molecule has 0 aliphatic carbocycles. The number of hydrogen-bond acceptors (Lipinski definition) is 6. The highest BCUT2D eigenvalue weighted by Crippen LogP contribution is 2.43. The third-order valence-corrected chi connectivity index (χ3v) is 5.27. The van der Waals surface area contributed by atoms with Crippen molar-refractivity contribution in [2.75, 3.05) is 13.2 Å². The number of benzene rings is 2. The smallest absolute Gasteiger partial charge is 0.305 e. The van der Waals surface area contributed by atoms with Gasteiger partial charge in [0.25, 0.3) is 0 Å². The summed E-state index contributed by atoms with van der Waals surface area (Å²) in [7, 11) is 0. The van der Waals surface area contributed by atoms with Gasteiger partial charge in [0, 0.05) is 11.1 Å². The Hall–Kier alpha value is -3.71. The van der Waals surface area contributed by atoms with Crippen LogP contribution in [0.1, 0.15) is 25.8 Å². The van der Waals surface area contributed by atoms with Crippen molar-refractivity contribution in [2.45, 2.75) is 32.8 Å². The Morgan fingerprint density at radius 1 is 1.06 bits per heavy atom. The highest BCUT2D eigenvalue weighted by molar-refractivity contribution is 6.03. The number of aryl methyl sites for hydroxylation is 1. The van der Waals surface area contributed by atoms with Crippen LogP contribution in [0, 0.1) is 0 Å². The second-order valence-corrected chi connectivity index (χ2v) is 7.73. The van der Waals surface area contributed by atoms with Crippen molar-refractivity contribution >= 4 is 17.1 Å². The van der Waals surface area contributed by atoms with Crippen molar-refractivity contribution in [3.63, 3.8) is 0 Å². The number of aliphatic carboxylic acids is 1. The Morgan fingerprint density at radius 3 is 2.52 bits per heavy atom. The van der Waals surface area contributed by atoms with Crippen LogP contribution in [0.3, 0.4) is 0 Å². The minimum Gasteiger partial charge on any atom is -0.481 e. The molecule has 33 heavy (non-hydrogen) atoms.